The van der Waals surface area contributed by atoms with Crippen molar-refractivity contribution in [2.24, 2.45) is 0 Å². The van der Waals surface area contributed by atoms with Gasteiger partial charge < -0.3 is 15.0 Å². The zero-order valence-corrected chi connectivity index (χ0v) is 18.7. The maximum absolute atomic E-state index is 15.0. The summed E-state index contributed by atoms with van der Waals surface area (Å²) in [5, 5.41) is 13.2. The van der Waals surface area contributed by atoms with Crippen LogP contribution in [0.1, 0.15) is 5.69 Å². The molecule has 0 spiro atoms. The molecule has 1 atom stereocenters. The van der Waals surface area contributed by atoms with Crippen LogP contribution < -0.4 is 20.5 Å². The summed E-state index contributed by atoms with van der Waals surface area (Å²) in [6.07, 6.45) is -3.70. The van der Waals surface area contributed by atoms with Gasteiger partial charge in [-0.2, -0.15) is 24.2 Å². The van der Waals surface area contributed by atoms with Crippen molar-refractivity contribution in [3.63, 3.8) is 0 Å². The molecule has 4 rings (SSSR count). The molecule has 2 aliphatic rings. The molecule has 0 aliphatic carbocycles. The van der Waals surface area contributed by atoms with Gasteiger partial charge >= 0.3 is 12.5 Å². The highest BCUT2D eigenvalue weighted by atomic mass is 19.3. The van der Waals surface area contributed by atoms with Gasteiger partial charge in [0.2, 0.25) is 5.91 Å². The number of H-pyrrole nitrogens is 1. The highest BCUT2D eigenvalue weighted by Gasteiger charge is 2.34. The SMILES string of the molecule is O=C(NC[C@H]1CN(c2cc(F)c(N3CCNN(C(=O)Cc4cn[nH]n4)CC3)c(F)c2)C(=O)O1)C(F)F. The van der Waals surface area contributed by atoms with E-state index < -0.39 is 36.2 Å². The third-order valence-electron chi connectivity index (χ3n) is 5.58. The Morgan fingerprint density at radius 2 is 1.94 bits per heavy atom. The first-order chi connectivity index (χ1) is 17.2. The molecular formula is C20H22F4N8O4. The Morgan fingerprint density at radius 3 is 2.61 bits per heavy atom. The number of carbonyl (C=O) groups is 3. The van der Waals surface area contributed by atoms with Crippen molar-refractivity contribution < 1.29 is 36.7 Å². The van der Waals surface area contributed by atoms with Crippen molar-refractivity contribution in [2.75, 3.05) is 49.1 Å². The number of halogens is 4. The number of hydrogen-bond donors (Lipinski definition) is 3. The number of alkyl halides is 2. The molecule has 3 N–H and O–H groups in total. The van der Waals surface area contributed by atoms with Gasteiger partial charge in [0, 0.05) is 31.8 Å². The van der Waals surface area contributed by atoms with Crippen molar-refractivity contribution in [3.8, 4) is 0 Å². The number of rotatable bonds is 7. The van der Waals surface area contributed by atoms with Gasteiger partial charge in [-0.15, -0.1) is 0 Å². The number of amides is 3. The lowest BCUT2D eigenvalue weighted by molar-refractivity contribution is -0.133. The largest absolute Gasteiger partial charge is 0.442 e. The van der Waals surface area contributed by atoms with E-state index in [9.17, 15) is 23.2 Å². The minimum absolute atomic E-state index is 0.000333. The molecular weight excluding hydrogens is 492 g/mol. The van der Waals surface area contributed by atoms with Gasteiger partial charge in [-0.25, -0.2) is 19.0 Å². The fraction of sp³-hybridized carbons (Fsp3) is 0.450. The Hall–Kier alpha value is -3.95. The lowest BCUT2D eigenvalue weighted by atomic mass is 10.2. The monoisotopic (exact) mass is 514 g/mol. The molecule has 3 heterocycles. The van der Waals surface area contributed by atoms with Crippen LogP contribution in [0, 0.1) is 11.6 Å². The molecule has 1 aromatic carbocycles. The van der Waals surface area contributed by atoms with E-state index in [4.69, 9.17) is 4.74 Å². The van der Waals surface area contributed by atoms with E-state index in [-0.39, 0.29) is 63.0 Å². The van der Waals surface area contributed by atoms with Crippen LogP contribution in [0.25, 0.3) is 0 Å². The summed E-state index contributed by atoms with van der Waals surface area (Å²) in [6.45, 7) is 0.121. The quantitative estimate of drug-likeness (QED) is 0.446. The summed E-state index contributed by atoms with van der Waals surface area (Å²) < 4.78 is 59.7. The molecule has 0 radical (unpaired) electrons. The number of nitrogens with zero attached hydrogens (tertiary/aromatic N) is 5. The number of aromatic amines is 1. The summed E-state index contributed by atoms with van der Waals surface area (Å²) >= 11 is 0. The molecule has 1 aromatic heterocycles. The predicted molar refractivity (Wildman–Crippen MR) is 115 cm³/mol. The van der Waals surface area contributed by atoms with Gasteiger partial charge in [0.15, 0.2) is 11.6 Å². The summed E-state index contributed by atoms with van der Waals surface area (Å²) in [4.78, 5) is 38.0. The van der Waals surface area contributed by atoms with Crippen LogP contribution in [-0.4, -0.2) is 90.1 Å². The molecule has 2 aromatic rings. The average Bonchev–Trinajstić information content (AvgIpc) is 3.40. The fourth-order valence-electron chi connectivity index (χ4n) is 3.87. The molecule has 0 bridgehead atoms. The van der Waals surface area contributed by atoms with Crippen LogP contribution in [0.2, 0.25) is 0 Å². The zero-order chi connectivity index (χ0) is 25.8. The van der Waals surface area contributed by atoms with Crippen LogP contribution in [0.15, 0.2) is 18.3 Å². The van der Waals surface area contributed by atoms with Gasteiger partial charge in [-0.05, 0) is 0 Å². The van der Waals surface area contributed by atoms with Crippen LogP contribution in [0.3, 0.4) is 0 Å². The highest BCUT2D eigenvalue weighted by molar-refractivity contribution is 5.90. The lowest BCUT2D eigenvalue weighted by Crippen LogP contribution is -2.44. The molecule has 12 nitrogen and oxygen atoms in total. The summed E-state index contributed by atoms with van der Waals surface area (Å²) in [5.74, 6) is -3.67. The number of hydrogen-bond acceptors (Lipinski definition) is 8. The third-order valence-corrected chi connectivity index (χ3v) is 5.58. The number of nitrogens with one attached hydrogen (secondary N) is 3. The number of anilines is 2. The number of carbonyl (C=O) groups excluding carboxylic acids is 3. The normalized spacial score (nSPS) is 18.4. The van der Waals surface area contributed by atoms with E-state index in [1.807, 2.05) is 5.32 Å². The van der Waals surface area contributed by atoms with Crippen molar-refractivity contribution >= 4 is 29.3 Å². The Kier molecular flexibility index (Phi) is 7.52. The number of benzene rings is 1. The van der Waals surface area contributed by atoms with E-state index in [1.54, 1.807) is 0 Å². The molecule has 194 valence electrons. The van der Waals surface area contributed by atoms with Gasteiger partial charge in [-0.3, -0.25) is 19.5 Å². The van der Waals surface area contributed by atoms with E-state index >= 15 is 8.78 Å². The molecule has 2 fully saturated rings. The van der Waals surface area contributed by atoms with Crippen molar-refractivity contribution in [1.82, 2.24) is 31.2 Å². The molecule has 3 amide bonds. The maximum Gasteiger partial charge on any atom is 0.414 e. The molecule has 0 saturated carbocycles. The first-order valence-electron chi connectivity index (χ1n) is 10.9. The molecule has 16 heteroatoms. The topological polar surface area (TPSA) is 136 Å². The summed E-state index contributed by atoms with van der Waals surface area (Å²) in [5.41, 5.74) is 2.93. The second kappa shape index (κ2) is 10.8. The van der Waals surface area contributed by atoms with Gasteiger partial charge in [-0.1, -0.05) is 0 Å². The van der Waals surface area contributed by atoms with Crippen LogP contribution in [0.4, 0.5) is 33.7 Å². The van der Waals surface area contributed by atoms with Crippen LogP contribution >= 0.6 is 0 Å². The minimum atomic E-state index is -3.22. The minimum Gasteiger partial charge on any atom is -0.442 e. The number of aromatic nitrogens is 3. The number of cyclic esters (lactones) is 1. The van der Waals surface area contributed by atoms with E-state index in [0.29, 0.717) is 5.69 Å². The fourth-order valence-corrected chi connectivity index (χ4v) is 3.87. The summed E-state index contributed by atoms with van der Waals surface area (Å²) in [6, 6.07) is 1.93. The Bertz CT molecular complexity index is 1100. The van der Waals surface area contributed by atoms with Gasteiger partial charge in [0.25, 0.3) is 5.91 Å². The Balaban J connectivity index is 1.40. The van der Waals surface area contributed by atoms with E-state index in [2.05, 4.69) is 20.8 Å². The van der Waals surface area contributed by atoms with Gasteiger partial charge in [0.05, 0.1) is 43.6 Å². The molecule has 2 saturated heterocycles. The standard InChI is InChI=1S/C20H22F4N8O4/c21-14-6-12(31-10-13(36-20(31)35)9-25-19(34)18(23)24)7-15(22)17(14)30-2-1-27-32(4-3-30)16(33)5-11-8-26-29-28-11/h6-8,13,18,27H,1-5,9-10H2,(H,25,34)(H,26,28,29)/t13-/m0/s1. The van der Waals surface area contributed by atoms with Crippen molar-refractivity contribution in [1.29, 1.82) is 0 Å². The second-order valence-electron chi connectivity index (χ2n) is 8.00. The second-order valence-corrected chi connectivity index (χ2v) is 8.00. The molecule has 36 heavy (non-hydrogen) atoms. The van der Waals surface area contributed by atoms with Crippen molar-refractivity contribution in [3.05, 3.63) is 35.7 Å². The predicted octanol–water partition coefficient (Wildman–Crippen LogP) is 0.185. The van der Waals surface area contributed by atoms with Gasteiger partial charge in [0.1, 0.15) is 11.8 Å². The molecule has 0 unspecified atom stereocenters. The highest BCUT2D eigenvalue weighted by Crippen LogP contribution is 2.31. The zero-order valence-electron chi connectivity index (χ0n) is 18.7. The lowest BCUT2D eigenvalue weighted by Gasteiger charge is -2.25. The van der Waals surface area contributed by atoms with E-state index in [1.165, 1.54) is 16.1 Å². The smallest absolute Gasteiger partial charge is 0.414 e. The van der Waals surface area contributed by atoms with Crippen molar-refractivity contribution in [2.45, 2.75) is 19.0 Å². The summed E-state index contributed by atoms with van der Waals surface area (Å²) in [7, 11) is 0. The Labute approximate surface area is 201 Å². The van der Waals surface area contributed by atoms with Crippen LogP contribution in [0.5, 0.6) is 0 Å². The first kappa shape index (κ1) is 25.2. The van der Waals surface area contributed by atoms with Crippen LogP contribution in [-0.2, 0) is 20.7 Å². The van der Waals surface area contributed by atoms with E-state index in [0.717, 1.165) is 17.0 Å². The third kappa shape index (κ3) is 5.64. The number of ether oxygens (including phenoxy) is 1. The maximum atomic E-state index is 15.0. The number of hydrazine groups is 1. The Morgan fingerprint density at radius 1 is 1.19 bits per heavy atom. The molecule has 2 aliphatic heterocycles. The average molecular weight is 514 g/mol. The first-order valence-corrected chi connectivity index (χ1v) is 10.9.